The summed E-state index contributed by atoms with van der Waals surface area (Å²) < 4.78 is 0. The lowest BCUT2D eigenvalue weighted by Gasteiger charge is -2.39. The second-order valence-electron chi connectivity index (χ2n) is 7.10. The second-order valence-corrected chi connectivity index (χ2v) is 7.50. The van der Waals surface area contributed by atoms with Gasteiger partial charge in [0.1, 0.15) is 5.82 Å². The van der Waals surface area contributed by atoms with Gasteiger partial charge in [0.15, 0.2) is 0 Å². The van der Waals surface area contributed by atoms with E-state index in [2.05, 4.69) is 42.1 Å². The maximum absolute atomic E-state index is 6.31. The lowest BCUT2D eigenvalue weighted by Crippen LogP contribution is -2.46. The fourth-order valence-electron chi connectivity index (χ4n) is 2.72. The van der Waals surface area contributed by atoms with E-state index in [-0.39, 0.29) is 5.41 Å². The van der Waals surface area contributed by atoms with Gasteiger partial charge >= 0.3 is 0 Å². The van der Waals surface area contributed by atoms with Crippen molar-refractivity contribution >= 4 is 17.4 Å². The highest BCUT2D eigenvalue weighted by molar-refractivity contribution is 6.33. The molecule has 130 valence electrons. The van der Waals surface area contributed by atoms with Gasteiger partial charge in [-0.05, 0) is 30.4 Å². The molecule has 23 heavy (non-hydrogen) atoms. The molecular formula is C19H32ClN3. The molecule has 0 spiro atoms. The van der Waals surface area contributed by atoms with Crippen molar-refractivity contribution in [3.05, 3.63) is 35.1 Å². The average Bonchev–Trinajstić information content (AvgIpc) is 2.48. The number of rotatable bonds is 3. The number of piperazine rings is 1. The molecule has 0 N–H and O–H groups in total. The first-order valence-electron chi connectivity index (χ1n) is 8.56. The largest absolute Gasteiger partial charge is 0.372 e. The summed E-state index contributed by atoms with van der Waals surface area (Å²) >= 11 is 6.31. The van der Waals surface area contributed by atoms with Gasteiger partial charge in [-0.3, -0.25) is 0 Å². The maximum Gasteiger partial charge on any atom is 0.147 e. The van der Waals surface area contributed by atoms with Crippen molar-refractivity contribution in [3.63, 3.8) is 0 Å². The SMILES string of the molecule is C=C(CC(C)(C)C)N1CCN(c2ncc(C)cc2Cl)CC1.CC. The van der Waals surface area contributed by atoms with Crippen molar-refractivity contribution in [2.24, 2.45) is 5.41 Å². The zero-order valence-corrected chi connectivity index (χ0v) is 16.4. The first-order chi connectivity index (χ1) is 10.8. The fraction of sp³-hybridized carbons (Fsp3) is 0.632. The van der Waals surface area contributed by atoms with Crippen LogP contribution in [0.15, 0.2) is 24.5 Å². The Bertz CT molecular complexity index is 512. The second kappa shape index (κ2) is 8.58. The summed E-state index contributed by atoms with van der Waals surface area (Å²) in [6, 6.07) is 1.98. The summed E-state index contributed by atoms with van der Waals surface area (Å²) in [5, 5.41) is 0.747. The van der Waals surface area contributed by atoms with Crippen molar-refractivity contribution in [2.45, 2.75) is 48.0 Å². The highest BCUT2D eigenvalue weighted by Crippen LogP contribution is 2.28. The molecule has 0 saturated carbocycles. The minimum absolute atomic E-state index is 0.288. The number of anilines is 1. The lowest BCUT2D eigenvalue weighted by molar-refractivity contribution is 0.276. The van der Waals surface area contributed by atoms with Gasteiger partial charge < -0.3 is 9.80 Å². The smallest absolute Gasteiger partial charge is 0.147 e. The van der Waals surface area contributed by atoms with Crippen LogP contribution in [0.4, 0.5) is 5.82 Å². The van der Waals surface area contributed by atoms with Crippen LogP contribution in [0.25, 0.3) is 0 Å². The normalized spacial score (nSPS) is 15.1. The van der Waals surface area contributed by atoms with E-state index in [4.69, 9.17) is 11.6 Å². The average molecular weight is 338 g/mol. The number of nitrogens with zero attached hydrogens (tertiary/aromatic N) is 3. The quantitative estimate of drug-likeness (QED) is 0.761. The molecule has 1 aromatic heterocycles. The van der Waals surface area contributed by atoms with E-state index in [1.54, 1.807) is 0 Å². The standard InChI is InChI=1S/C17H26ClN3.C2H6/c1-13-10-15(18)16(19-12-13)21-8-6-20(7-9-21)14(2)11-17(3,4)5;1-2/h10,12H,2,6-9,11H2,1,3-5H3;1-2H3. The summed E-state index contributed by atoms with van der Waals surface area (Å²) in [6.07, 6.45) is 2.92. The van der Waals surface area contributed by atoms with E-state index < -0.39 is 0 Å². The van der Waals surface area contributed by atoms with Crippen LogP contribution < -0.4 is 4.90 Å². The minimum Gasteiger partial charge on any atom is -0.372 e. The number of aromatic nitrogens is 1. The van der Waals surface area contributed by atoms with Gasteiger partial charge in [0.25, 0.3) is 0 Å². The third-order valence-electron chi connectivity index (χ3n) is 3.72. The number of allylic oxidation sites excluding steroid dienone is 1. The summed E-state index contributed by atoms with van der Waals surface area (Å²) in [7, 11) is 0. The molecule has 0 aliphatic carbocycles. The van der Waals surface area contributed by atoms with Crippen molar-refractivity contribution in [2.75, 3.05) is 31.1 Å². The van der Waals surface area contributed by atoms with Crippen LogP contribution in [-0.4, -0.2) is 36.1 Å². The topological polar surface area (TPSA) is 19.4 Å². The highest BCUT2D eigenvalue weighted by Gasteiger charge is 2.22. The van der Waals surface area contributed by atoms with Crippen LogP contribution >= 0.6 is 11.6 Å². The van der Waals surface area contributed by atoms with Gasteiger partial charge in [-0.2, -0.15) is 0 Å². The van der Waals surface area contributed by atoms with Gasteiger partial charge in [-0.1, -0.05) is 52.8 Å². The Morgan fingerprint density at radius 2 is 1.78 bits per heavy atom. The van der Waals surface area contributed by atoms with Crippen LogP contribution in [0.5, 0.6) is 0 Å². The highest BCUT2D eigenvalue weighted by atomic mass is 35.5. The number of halogens is 1. The van der Waals surface area contributed by atoms with Gasteiger partial charge in [0, 0.05) is 38.1 Å². The van der Waals surface area contributed by atoms with Crippen molar-refractivity contribution < 1.29 is 0 Å². The summed E-state index contributed by atoms with van der Waals surface area (Å²) in [4.78, 5) is 9.14. The molecule has 3 nitrogen and oxygen atoms in total. The van der Waals surface area contributed by atoms with E-state index in [0.717, 1.165) is 49.0 Å². The summed E-state index contributed by atoms with van der Waals surface area (Å²) in [5.41, 5.74) is 2.63. The maximum atomic E-state index is 6.31. The molecule has 4 heteroatoms. The summed E-state index contributed by atoms with van der Waals surface area (Å²) in [6.45, 7) is 20.9. The van der Waals surface area contributed by atoms with Gasteiger partial charge in [-0.15, -0.1) is 0 Å². The molecule has 0 aromatic carbocycles. The predicted octanol–water partition coefficient (Wildman–Crippen LogP) is 5.14. The van der Waals surface area contributed by atoms with E-state index in [1.165, 1.54) is 5.70 Å². The zero-order valence-electron chi connectivity index (χ0n) is 15.6. The molecule has 0 bridgehead atoms. The Labute approximate surface area is 147 Å². The Morgan fingerprint density at radius 1 is 1.22 bits per heavy atom. The Kier molecular flexibility index (Phi) is 7.40. The molecule has 1 aromatic rings. The Morgan fingerprint density at radius 3 is 2.26 bits per heavy atom. The molecule has 1 aliphatic heterocycles. The van der Waals surface area contributed by atoms with E-state index in [0.29, 0.717) is 0 Å². The van der Waals surface area contributed by atoms with E-state index in [9.17, 15) is 0 Å². The van der Waals surface area contributed by atoms with Crippen LogP contribution in [0, 0.1) is 12.3 Å². The number of hydrogen-bond acceptors (Lipinski definition) is 3. The Balaban J connectivity index is 0.00000127. The lowest BCUT2D eigenvalue weighted by atomic mass is 9.90. The van der Waals surface area contributed by atoms with Crippen LogP contribution in [0.2, 0.25) is 5.02 Å². The van der Waals surface area contributed by atoms with E-state index >= 15 is 0 Å². The predicted molar refractivity (Wildman–Crippen MR) is 102 cm³/mol. The molecule has 0 atom stereocenters. The molecule has 1 saturated heterocycles. The first kappa shape index (κ1) is 19.8. The van der Waals surface area contributed by atoms with Gasteiger partial charge in [0.2, 0.25) is 0 Å². The molecule has 1 aliphatic rings. The van der Waals surface area contributed by atoms with Crippen molar-refractivity contribution in [1.82, 2.24) is 9.88 Å². The van der Waals surface area contributed by atoms with Crippen molar-refractivity contribution in [3.8, 4) is 0 Å². The van der Waals surface area contributed by atoms with Crippen LogP contribution in [-0.2, 0) is 0 Å². The van der Waals surface area contributed by atoms with Crippen LogP contribution in [0.3, 0.4) is 0 Å². The molecule has 2 rings (SSSR count). The Hall–Kier alpha value is -1.22. The number of hydrogen-bond donors (Lipinski definition) is 0. The van der Waals surface area contributed by atoms with Crippen LogP contribution in [0.1, 0.15) is 46.6 Å². The first-order valence-corrected chi connectivity index (χ1v) is 8.94. The molecule has 0 radical (unpaired) electrons. The fourth-order valence-corrected chi connectivity index (χ4v) is 3.06. The molecule has 0 amide bonds. The van der Waals surface area contributed by atoms with Crippen molar-refractivity contribution in [1.29, 1.82) is 0 Å². The third kappa shape index (κ3) is 6.06. The minimum atomic E-state index is 0.288. The van der Waals surface area contributed by atoms with E-state index in [1.807, 2.05) is 33.0 Å². The number of pyridine rings is 1. The number of aryl methyl sites for hydroxylation is 1. The molecule has 1 fully saturated rings. The third-order valence-corrected chi connectivity index (χ3v) is 4.00. The molecule has 0 unspecified atom stereocenters. The zero-order chi connectivity index (χ0) is 17.6. The molecule has 2 heterocycles. The summed E-state index contributed by atoms with van der Waals surface area (Å²) in [5.74, 6) is 0.906. The van der Waals surface area contributed by atoms with Gasteiger partial charge in [0.05, 0.1) is 5.02 Å². The van der Waals surface area contributed by atoms with Gasteiger partial charge in [-0.25, -0.2) is 4.98 Å². The monoisotopic (exact) mass is 337 g/mol. The molecular weight excluding hydrogens is 306 g/mol.